The van der Waals surface area contributed by atoms with Crippen molar-refractivity contribution < 1.29 is 156 Å². The van der Waals surface area contributed by atoms with E-state index in [1.807, 2.05) is 0 Å². The van der Waals surface area contributed by atoms with Crippen LogP contribution in [-0.2, 0) is 21.0 Å². The van der Waals surface area contributed by atoms with Crippen molar-refractivity contribution in [1.82, 2.24) is 0 Å². The molecule has 0 radical (unpaired) electrons. The van der Waals surface area contributed by atoms with E-state index in [1.54, 1.807) is 0 Å². The first-order chi connectivity index (χ1) is 2.00. The van der Waals surface area contributed by atoms with Gasteiger partial charge >= 0.3 is 132 Å². The first kappa shape index (κ1) is 22.7. The van der Waals surface area contributed by atoms with Crippen LogP contribution in [0.15, 0.2) is 0 Å². The minimum atomic E-state index is -5.38. The second-order valence-corrected chi connectivity index (χ2v) is 1.63. The first-order valence-electron chi connectivity index (χ1n) is 0.632. The van der Waals surface area contributed by atoms with Crippen LogP contribution in [0.1, 0.15) is 0 Å². The average Bonchev–Trinajstić information content (AvgIpc) is 0.722. The molecule has 41 valence electrons. The van der Waals surface area contributed by atoms with E-state index in [2.05, 4.69) is 0 Å². The zero-order valence-electron chi connectivity index (χ0n) is 4.43. The summed E-state index contributed by atoms with van der Waals surface area (Å²) < 4.78 is 33.1. The zero-order valence-corrected chi connectivity index (χ0v) is 14.0. The molecule has 0 rings (SSSR count). The van der Waals surface area contributed by atoms with Crippen molar-refractivity contribution in [3.05, 3.63) is 0 Å². The molecule has 4 nitrogen and oxygen atoms in total. The summed E-state index contributed by atoms with van der Waals surface area (Å²) >= 11 is -5.38. The van der Waals surface area contributed by atoms with E-state index in [1.165, 1.54) is 0 Å². The van der Waals surface area contributed by atoms with Crippen LogP contribution in [0.5, 0.6) is 0 Å². The van der Waals surface area contributed by atoms with Gasteiger partial charge in [0.2, 0.25) is 0 Å². The molecule has 0 aromatic rings. The van der Waals surface area contributed by atoms with Gasteiger partial charge in [-0.05, 0) is 0 Å². The maximum atomic E-state index is 8.69. The van der Waals surface area contributed by atoms with E-state index in [0.717, 1.165) is 0 Å². The topological polar surface area (TPSA) is 77.4 Å². The first-order valence-corrected chi connectivity index (χ1v) is 2.61. The van der Waals surface area contributed by atoms with Crippen LogP contribution in [0.4, 0.5) is 0 Å². The van der Waals surface area contributed by atoms with Crippen LogP contribution in [0, 0.1) is 0 Å². The molecule has 0 saturated heterocycles. The summed E-state index contributed by atoms with van der Waals surface area (Å²) in [5, 5.41) is 0. The Hall–Kier alpha value is 4.04. The Morgan fingerprint density at radius 2 is 1.25 bits per heavy atom. The van der Waals surface area contributed by atoms with Crippen LogP contribution >= 0.6 is 0 Å². The molecule has 8 heavy (non-hydrogen) atoms. The van der Waals surface area contributed by atoms with E-state index in [0.29, 0.717) is 0 Å². The summed E-state index contributed by atoms with van der Waals surface area (Å²) in [7, 11) is 0. The third-order valence-electron chi connectivity index (χ3n) is 0. The molecule has 1 N–H and O–H groups in total. The Labute approximate surface area is 151 Å². The molecule has 0 aromatic carbocycles. The Bertz CT molecular complexity index is 97.2. The third-order valence-corrected chi connectivity index (χ3v) is 0. The molecule has 0 saturated carbocycles. The predicted octanol–water partition coefficient (Wildman–Crippen LogP) is -11.0. The van der Waals surface area contributed by atoms with Crippen LogP contribution in [0.2, 0.25) is 0 Å². The van der Waals surface area contributed by atoms with Crippen molar-refractivity contribution >= 4 is 0 Å². The van der Waals surface area contributed by atoms with Gasteiger partial charge in [-0.3, -0.25) is 0 Å². The van der Waals surface area contributed by atoms with Crippen molar-refractivity contribution in [2.24, 2.45) is 0 Å². The van der Waals surface area contributed by atoms with E-state index in [4.69, 9.17) is 16.0 Å². The SMILES string of the molecule is [I-].[K+].[K+].[O]=[Mn](=[O])([O-])[OH]. The fourth-order valence-corrected chi connectivity index (χ4v) is 0. The monoisotopic (exact) mass is 325 g/mol. The maximum absolute atomic E-state index is 8.69. The molecule has 0 amide bonds. The molecule has 0 aliphatic heterocycles. The van der Waals surface area contributed by atoms with Gasteiger partial charge in [-0.15, -0.1) is 0 Å². The quantitative estimate of drug-likeness (QED) is 0.354. The third kappa shape index (κ3) is 50.3. The molecule has 0 fully saturated rings. The van der Waals surface area contributed by atoms with Gasteiger partial charge in [0, 0.05) is 0 Å². The van der Waals surface area contributed by atoms with E-state index < -0.39 is 13.4 Å². The van der Waals surface area contributed by atoms with Crippen molar-refractivity contribution in [3.8, 4) is 0 Å². The van der Waals surface area contributed by atoms with Gasteiger partial charge in [-0.2, -0.15) is 0 Å². The molecule has 0 aliphatic carbocycles. The number of halogens is 1. The van der Waals surface area contributed by atoms with Gasteiger partial charge in [0.15, 0.2) is 0 Å². The second-order valence-electron chi connectivity index (χ2n) is 0.396. The van der Waals surface area contributed by atoms with Gasteiger partial charge in [0.1, 0.15) is 0 Å². The molecule has 0 atom stereocenters. The normalized spacial score (nSPS) is 7.25. The molecule has 0 unspecified atom stereocenters. The summed E-state index contributed by atoms with van der Waals surface area (Å²) in [6, 6.07) is 0. The van der Waals surface area contributed by atoms with Gasteiger partial charge in [-0.1, -0.05) is 0 Å². The van der Waals surface area contributed by atoms with E-state index in [9.17, 15) is 0 Å². The molecule has 0 aromatic heterocycles. The Morgan fingerprint density at radius 1 is 1.25 bits per heavy atom. The summed E-state index contributed by atoms with van der Waals surface area (Å²) in [6.45, 7) is 0. The molecule has 0 bridgehead atoms. The van der Waals surface area contributed by atoms with E-state index >= 15 is 0 Å². The van der Waals surface area contributed by atoms with Gasteiger partial charge in [-0.25, -0.2) is 0 Å². The van der Waals surface area contributed by atoms with Crippen LogP contribution in [-0.4, -0.2) is 4.19 Å². The van der Waals surface area contributed by atoms with Crippen LogP contribution < -0.4 is 131 Å². The standard InChI is InChI=1S/HI.2K.Mn.H2O.3O/h1H;;;;1H2;;;/q;3*+1;;;;-1/p-2. The summed E-state index contributed by atoms with van der Waals surface area (Å²) in [6.07, 6.45) is 0. The summed E-state index contributed by atoms with van der Waals surface area (Å²) in [5.74, 6) is 0. The molecule has 8 heteroatoms. The average molecular weight is 325 g/mol. The van der Waals surface area contributed by atoms with Crippen LogP contribution in [0.25, 0.3) is 0 Å². The summed E-state index contributed by atoms with van der Waals surface area (Å²) in [5.41, 5.74) is 0. The number of hydrogen-bond donors (Lipinski definition) is 1. The summed E-state index contributed by atoms with van der Waals surface area (Å²) in [4.78, 5) is 0. The van der Waals surface area contributed by atoms with Gasteiger partial charge < -0.3 is 24.0 Å². The Balaban J connectivity index is -0.0000000267. The molecule has 0 heterocycles. The fourth-order valence-electron chi connectivity index (χ4n) is 0. The minimum absolute atomic E-state index is 0. The molecule has 0 aliphatic rings. The van der Waals surface area contributed by atoms with Crippen LogP contribution in [0.3, 0.4) is 0 Å². The van der Waals surface area contributed by atoms with Crippen molar-refractivity contribution in [1.29, 1.82) is 0 Å². The van der Waals surface area contributed by atoms with Gasteiger partial charge in [0.05, 0.1) is 0 Å². The molecular weight excluding hydrogens is 324 g/mol. The second kappa shape index (κ2) is 11.0. The van der Waals surface area contributed by atoms with Gasteiger partial charge in [0.25, 0.3) is 0 Å². The Kier molecular flexibility index (Phi) is 31.3. The zero-order chi connectivity index (χ0) is 4.50. The Morgan fingerprint density at radius 3 is 1.25 bits per heavy atom. The molecule has 0 spiro atoms. The van der Waals surface area contributed by atoms with Crippen molar-refractivity contribution in [2.45, 2.75) is 0 Å². The number of hydrogen-bond acceptors (Lipinski definition) is 3. The van der Waals surface area contributed by atoms with E-state index in [-0.39, 0.29) is 127 Å². The predicted molar refractivity (Wildman–Crippen MR) is 3.59 cm³/mol. The van der Waals surface area contributed by atoms with Crippen molar-refractivity contribution in [3.63, 3.8) is 0 Å². The molecular formula is HIK2MnO4. The van der Waals surface area contributed by atoms with Crippen molar-refractivity contribution in [2.75, 3.05) is 0 Å². The number of rotatable bonds is 0. The fraction of sp³-hybridized carbons (Fsp3) is 0.